The number of halogens is 2. The molecule has 0 aliphatic carbocycles. The smallest absolute Gasteiger partial charge is 0.167 e. The molecule has 0 saturated heterocycles. The van der Waals surface area contributed by atoms with E-state index in [1.54, 1.807) is 7.05 Å². The highest BCUT2D eigenvalue weighted by Crippen LogP contribution is 2.23. The van der Waals surface area contributed by atoms with Crippen molar-refractivity contribution in [2.75, 3.05) is 5.33 Å². The zero-order valence-electron chi connectivity index (χ0n) is 9.35. The van der Waals surface area contributed by atoms with Crippen molar-refractivity contribution in [3.05, 3.63) is 40.7 Å². The van der Waals surface area contributed by atoms with Gasteiger partial charge in [0.05, 0.1) is 7.05 Å². The van der Waals surface area contributed by atoms with Crippen LogP contribution in [0, 0.1) is 0 Å². The van der Waals surface area contributed by atoms with Crippen molar-refractivity contribution in [3.8, 4) is 0 Å². The molecule has 1 unspecified atom stereocenters. The summed E-state index contributed by atoms with van der Waals surface area (Å²) < 4.78 is 0. The molecule has 0 amide bonds. The van der Waals surface area contributed by atoms with Crippen LogP contribution in [0.15, 0.2) is 24.3 Å². The first kappa shape index (κ1) is 12.5. The van der Waals surface area contributed by atoms with E-state index in [0.29, 0.717) is 5.92 Å². The number of aryl methyl sites for hydroxylation is 1. The molecule has 0 radical (unpaired) electrons. The summed E-state index contributed by atoms with van der Waals surface area (Å²) in [6.07, 6.45) is 0.765. The predicted octanol–water partition coefficient (Wildman–Crippen LogP) is 2.58. The average Bonchev–Trinajstić information content (AvgIpc) is 2.73. The highest BCUT2D eigenvalue weighted by molar-refractivity contribution is 9.09. The molecule has 0 fully saturated rings. The Morgan fingerprint density at radius 2 is 2.06 bits per heavy atom. The number of rotatable bonds is 4. The SMILES string of the molecule is Cn1nnc(CC(CBr)c2ccc(Cl)cc2)n1. The monoisotopic (exact) mass is 314 g/mol. The van der Waals surface area contributed by atoms with E-state index in [1.165, 1.54) is 10.4 Å². The summed E-state index contributed by atoms with van der Waals surface area (Å²) in [5, 5.41) is 13.6. The van der Waals surface area contributed by atoms with Crippen molar-refractivity contribution in [3.63, 3.8) is 0 Å². The number of nitrogens with zero attached hydrogens (tertiary/aromatic N) is 4. The van der Waals surface area contributed by atoms with Gasteiger partial charge in [-0.15, -0.1) is 10.2 Å². The Morgan fingerprint density at radius 3 is 2.59 bits per heavy atom. The number of benzene rings is 1. The van der Waals surface area contributed by atoms with Crippen LogP contribution >= 0.6 is 27.5 Å². The van der Waals surface area contributed by atoms with Gasteiger partial charge in [-0.3, -0.25) is 0 Å². The molecule has 0 N–H and O–H groups in total. The fraction of sp³-hybridized carbons (Fsp3) is 0.364. The lowest BCUT2D eigenvalue weighted by Crippen LogP contribution is -2.06. The number of alkyl halides is 1. The summed E-state index contributed by atoms with van der Waals surface area (Å²) >= 11 is 9.39. The zero-order chi connectivity index (χ0) is 12.3. The molecule has 90 valence electrons. The highest BCUT2D eigenvalue weighted by Gasteiger charge is 2.14. The Hall–Kier alpha value is -0.940. The minimum absolute atomic E-state index is 0.330. The second kappa shape index (κ2) is 5.60. The largest absolute Gasteiger partial charge is 0.175 e. The fourth-order valence-electron chi connectivity index (χ4n) is 1.62. The maximum Gasteiger partial charge on any atom is 0.175 e. The van der Waals surface area contributed by atoms with Crippen molar-refractivity contribution in [1.82, 2.24) is 20.2 Å². The van der Waals surface area contributed by atoms with Gasteiger partial charge in [0, 0.05) is 22.7 Å². The number of hydrogen-bond donors (Lipinski definition) is 0. The van der Waals surface area contributed by atoms with E-state index in [1.807, 2.05) is 24.3 Å². The van der Waals surface area contributed by atoms with E-state index >= 15 is 0 Å². The van der Waals surface area contributed by atoms with Gasteiger partial charge >= 0.3 is 0 Å². The summed E-state index contributed by atoms with van der Waals surface area (Å²) in [7, 11) is 1.77. The Balaban J connectivity index is 2.13. The normalized spacial score (nSPS) is 12.6. The zero-order valence-corrected chi connectivity index (χ0v) is 11.7. The highest BCUT2D eigenvalue weighted by atomic mass is 79.9. The minimum atomic E-state index is 0.330. The average molecular weight is 316 g/mol. The van der Waals surface area contributed by atoms with Gasteiger partial charge in [-0.1, -0.05) is 39.7 Å². The summed E-state index contributed by atoms with van der Waals surface area (Å²) in [6.45, 7) is 0. The molecule has 1 aromatic heterocycles. The lowest BCUT2D eigenvalue weighted by Gasteiger charge is -2.12. The topological polar surface area (TPSA) is 43.6 Å². The summed E-state index contributed by atoms with van der Waals surface area (Å²) in [5.41, 5.74) is 1.22. The van der Waals surface area contributed by atoms with E-state index in [0.717, 1.165) is 22.6 Å². The maximum atomic E-state index is 5.87. The third kappa shape index (κ3) is 3.26. The maximum absolute atomic E-state index is 5.87. The second-order valence-corrected chi connectivity index (χ2v) is 4.89. The van der Waals surface area contributed by atoms with E-state index < -0.39 is 0 Å². The Bertz CT molecular complexity index is 482. The van der Waals surface area contributed by atoms with E-state index in [4.69, 9.17) is 11.6 Å². The van der Waals surface area contributed by atoms with Gasteiger partial charge in [-0.25, -0.2) is 0 Å². The molecule has 0 saturated carbocycles. The lowest BCUT2D eigenvalue weighted by molar-refractivity contribution is 0.625. The first-order valence-corrected chi connectivity index (χ1v) is 6.73. The van der Waals surface area contributed by atoms with Crippen LogP contribution < -0.4 is 0 Å². The minimum Gasteiger partial charge on any atom is -0.167 e. The number of aromatic nitrogens is 4. The molecule has 0 aliphatic heterocycles. The Labute approximate surface area is 113 Å². The van der Waals surface area contributed by atoms with Gasteiger partial charge in [0.25, 0.3) is 0 Å². The predicted molar refractivity (Wildman–Crippen MR) is 70.5 cm³/mol. The molecular weight excluding hydrogens is 304 g/mol. The number of tetrazole rings is 1. The third-order valence-corrected chi connectivity index (χ3v) is 3.54. The van der Waals surface area contributed by atoms with Crippen LogP contribution in [0.4, 0.5) is 0 Å². The molecule has 0 spiro atoms. The van der Waals surface area contributed by atoms with Gasteiger partial charge in [0.15, 0.2) is 5.82 Å². The summed E-state index contributed by atoms with van der Waals surface area (Å²) in [4.78, 5) is 1.47. The quantitative estimate of drug-likeness (QED) is 0.815. The van der Waals surface area contributed by atoms with Gasteiger partial charge < -0.3 is 0 Å². The van der Waals surface area contributed by atoms with E-state index in [9.17, 15) is 0 Å². The number of hydrogen-bond acceptors (Lipinski definition) is 3. The van der Waals surface area contributed by atoms with Crippen LogP contribution in [-0.4, -0.2) is 25.5 Å². The Morgan fingerprint density at radius 1 is 1.35 bits per heavy atom. The molecule has 0 bridgehead atoms. The second-order valence-electron chi connectivity index (χ2n) is 3.80. The van der Waals surface area contributed by atoms with Gasteiger partial charge in [-0.2, -0.15) is 4.80 Å². The van der Waals surface area contributed by atoms with E-state index in [2.05, 4.69) is 31.3 Å². The van der Waals surface area contributed by atoms with Crippen LogP contribution in [0.5, 0.6) is 0 Å². The van der Waals surface area contributed by atoms with Crippen molar-refractivity contribution >= 4 is 27.5 Å². The molecule has 6 heteroatoms. The van der Waals surface area contributed by atoms with Crippen LogP contribution in [-0.2, 0) is 13.5 Å². The Kier molecular flexibility index (Phi) is 4.12. The molecule has 4 nitrogen and oxygen atoms in total. The first-order valence-electron chi connectivity index (χ1n) is 5.23. The van der Waals surface area contributed by atoms with Gasteiger partial charge in [0.2, 0.25) is 0 Å². The fourth-order valence-corrected chi connectivity index (χ4v) is 2.35. The summed E-state index contributed by atoms with van der Waals surface area (Å²) in [6, 6.07) is 7.86. The molecular formula is C11H12BrClN4. The molecule has 2 rings (SSSR count). The molecule has 1 atom stereocenters. The summed E-state index contributed by atoms with van der Waals surface area (Å²) in [5.74, 6) is 1.09. The van der Waals surface area contributed by atoms with Crippen molar-refractivity contribution in [2.24, 2.45) is 7.05 Å². The van der Waals surface area contributed by atoms with Gasteiger partial charge in [-0.05, 0) is 22.9 Å². The first-order chi connectivity index (χ1) is 8.19. The molecule has 2 aromatic rings. The van der Waals surface area contributed by atoms with Crippen LogP contribution in [0.3, 0.4) is 0 Å². The van der Waals surface area contributed by atoms with Crippen LogP contribution in [0.25, 0.3) is 0 Å². The molecule has 1 heterocycles. The lowest BCUT2D eigenvalue weighted by atomic mass is 9.98. The van der Waals surface area contributed by atoms with Crippen molar-refractivity contribution in [1.29, 1.82) is 0 Å². The van der Waals surface area contributed by atoms with Crippen LogP contribution in [0.2, 0.25) is 5.02 Å². The standard InChI is InChI=1S/C11H12BrClN4/c1-17-15-11(14-16-17)6-9(7-12)8-2-4-10(13)5-3-8/h2-5,9H,6-7H2,1H3. The molecule has 0 aliphatic rings. The third-order valence-electron chi connectivity index (χ3n) is 2.51. The van der Waals surface area contributed by atoms with Crippen molar-refractivity contribution in [2.45, 2.75) is 12.3 Å². The van der Waals surface area contributed by atoms with Crippen molar-refractivity contribution < 1.29 is 0 Å². The molecule has 17 heavy (non-hydrogen) atoms. The molecule has 1 aromatic carbocycles. The van der Waals surface area contributed by atoms with Gasteiger partial charge in [0.1, 0.15) is 0 Å². The van der Waals surface area contributed by atoms with E-state index in [-0.39, 0.29) is 0 Å². The van der Waals surface area contributed by atoms with Crippen LogP contribution in [0.1, 0.15) is 17.3 Å².